The van der Waals surface area contributed by atoms with E-state index in [0.29, 0.717) is 26.1 Å². The fourth-order valence-corrected chi connectivity index (χ4v) is 1.24. The van der Waals surface area contributed by atoms with E-state index in [1.54, 1.807) is 0 Å². The summed E-state index contributed by atoms with van der Waals surface area (Å²) in [5.74, 6) is -3.66. The zero-order valence-corrected chi connectivity index (χ0v) is 8.26. The van der Waals surface area contributed by atoms with Crippen LogP contribution in [0.15, 0.2) is 0 Å². The molecule has 1 aliphatic rings. The van der Waals surface area contributed by atoms with E-state index in [-0.39, 0.29) is 0 Å². The molecule has 0 saturated carbocycles. The number of hydrogen-bond acceptors (Lipinski definition) is 5. The van der Waals surface area contributed by atoms with Crippen LogP contribution in [0, 0.1) is 0 Å². The molecule has 0 aliphatic carbocycles. The third-order valence-corrected chi connectivity index (χ3v) is 2.03. The van der Waals surface area contributed by atoms with Crippen LogP contribution >= 0.6 is 0 Å². The van der Waals surface area contributed by atoms with Gasteiger partial charge in [-0.05, 0) is 19.4 Å². The lowest BCUT2D eigenvalue weighted by Crippen LogP contribution is -2.42. The molecule has 2 N–H and O–H groups in total. The van der Waals surface area contributed by atoms with Crippen LogP contribution in [0.1, 0.15) is 12.8 Å². The molecule has 0 amide bonds. The second kappa shape index (κ2) is 5.26. The first-order valence-electron chi connectivity index (χ1n) is 4.68. The van der Waals surface area contributed by atoms with Crippen molar-refractivity contribution in [2.75, 3.05) is 13.2 Å². The summed E-state index contributed by atoms with van der Waals surface area (Å²) in [7, 11) is 0. The van der Waals surface area contributed by atoms with Crippen LogP contribution in [-0.4, -0.2) is 37.4 Å². The minimum absolute atomic E-state index is 0.292. The van der Waals surface area contributed by atoms with Crippen molar-refractivity contribution in [3.63, 3.8) is 0 Å². The number of rotatable bonds is 1. The van der Waals surface area contributed by atoms with E-state index >= 15 is 0 Å². The first kappa shape index (κ1) is 12.9. The number of halogens is 3. The average molecular weight is 240 g/mol. The van der Waals surface area contributed by atoms with Crippen LogP contribution in [0.2, 0.25) is 0 Å². The first-order valence-corrected chi connectivity index (χ1v) is 4.68. The molecule has 1 unspecified atom stereocenters. The third kappa shape index (κ3) is 3.78. The highest BCUT2D eigenvalue weighted by Crippen LogP contribution is 2.17. The fraction of sp³-hybridized carbons (Fsp3) is 0.750. The summed E-state index contributed by atoms with van der Waals surface area (Å²) in [5, 5.41) is 5.52. The zero-order chi connectivity index (χ0) is 12.2. The SMILES string of the molecule is O=C(OC(=O)C(F)(F)F)C1CCCNCN1. The maximum Gasteiger partial charge on any atom is 0.491 e. The number of carbonyl (C=O) groups excluding carboxylic acids is 2. The van der Waals surface area contributed by atoms with Crippen molar-refractivity contribution in [3.8, 4) is 0 Å². The number of ether oxygens (including phenoxy) is 1. The molecular formula is C8H11F3N2O3. The van der Waals surface area contributed by atoms with Gasteiger partial charge in [0.1, 0.15) is 6.04 Å². The molecule has 16 heavy (non-hydrogen) atoms. The molecule has 92 valence electrons. The van der Waals surface area contributed by atoms with Gasteiger partial charge in [-0.2, -0.15) is 13.2 Å². The lowest BCUT2D eigenvalue weighted by atomic mass is 10.2. The second-order valence-electron chi connectivity index (χ2n) is 3.28. The predicted molar refractivity (Wildman–Crippen MR) is 46.2 cm³/mol. The molecule has 0 aromatic carbocycles. The van der Waals surface area contributed by atoms with Crippen molar-refractivity contribution >= 4 is 11.9 Å². The van der Waals surface area contributed by atoms with Crippen molar-refractivity contribution in [2.45, 2.75) is 25.1 Å². The zero-order valence-electron chi connectivity index (χ0n) is 8.26. The summed E-state index contributed by atoms with van der Waals surface area (Å²) >= 11 is 0. The minimum Gasteiger partial charge on any atom is -0.385 e. The Bertz CT molecular complexity index is 272. The second-order valence-corrected chi connectivity index (χ2v) is 3.28. The van der Waals surface area contributed by atoms with Gasteiger partial charge >= 0.3 is 18.1 Å². The highest BCUT2D eigenvalue weighted by molar-refractivity contribution is 5.90. The third-order valence-electron chi connectivity index (χ3n) is 2.03. The Morgan fingerprint density at radius 2 is 2.00 bits per heavy atom. The summed E-state index contributed by atoms with van der Waals surface area (Å²) in [6, 6.07) is -0.874. The van der Waals surface area contributed by atoms with E-state index in [4.69, 9.17) is 0 Å². The molecule has 0 aromatic heterocycles. The highest BCUT2D eigenvalue weighted by atomic mass is 19.4. The lowest BCUT2D eigenvalue weighted by molar-refractivity contribution is -0.202. The van der Waals surface area contributed by atoms with Gasteiger partial charge in [0.05, 0.1) is 0 Å². The topological polar surface area (TPSA) is 67.4 Å². The molecule has 8 heteroatoms. The van der Waals surface area contributed by atoms with Gasteiger partial charge in [-0.15, -0.1) is 0 Å². The molecule has 1 aliphatic heterocycles. The van der Waals surface area contributed by atoms with E-state index in [2.05, 4.69) is 15.4 Å². The Balaban J connectivity index is 2.48. The van der Waals surface area contributed by atoms with Crippen molar-refractivity contribution in [1.29, 1.82) is 0 Å². The predicted octanol–water partition coefficient (Wildman–Crippen LogP) is -0.0824. The van der Waals surface area contributed by atoms with E-state index in [1.807, 2.05) is 0 Å². The molecular weight excluding hydrogens is 229 g/mol. The Labute approximate surface area is 89.3 Å². The van der Waals surface area contributed by atoms with Crippen LogP contribution < -0.4 is 10.6 Å². The van der Waals surface area contributed by atoms with Gasteiger partial charge in [0.25, 0.3) is 0 Å². The van der Waals surface area contributed by atoms with Crippen molar-refractivity contribution in [3.05, 3.63) is 0 Å². The van der Waals surface area contributed by atoms with E-state index in [1.165, 1.54) is 0 Å². The molecule has 1 atom stereocenters. The number of esters is 2. The molecule has 5 nitrogen and oxygen atoms in total. The summed E-state index contributed by atoms with van der Waals surface area (Å²) in [4.78, 5) is 21.6. The Morgan fingerprint density at radius 1 is 1.31 bits per heavy atom. The first-order chi connectivity index (χ1) is 7.41. The van der Waals surface area contributed by atoms with Gasteiger partial charge in [0.2, 0.25) is 0 Å². The smallest absolute Gasteiger partial charge is 0.385 e. The van der Waals surface area contributed by atoms with Crippen LogP contribution in [0.5, 0.6) is 0 Å². The van der Waals surface area contributed by atoms with Crippen molar-refractivity contribution < 1.29 is 27.5 Å². The molecule has 0 bridgehead atoms. The monoisotopic (exact) mass is 240 g/mol. The minimum atomic E-state index is -5.14. The normalized spacial score (nSPS) is 22.3. The summed E-state index contributed by atoms with van der Waals surface area (Å²) < 4.78 is 39.1. The van der Waals surface area contributed by atoms with Crippen molar-refractivity contribution in [2.24, 2.45) is 0 Å². The van der Waals surface area contributed by atoms with Crippen LogP contribution in [0.25, 0.3) is 0 Å². The van der Waals surface area contributed by atoms with Gasteiger partial charge in [0.15, 0.2) is 0 Å². The molecule has 0 radical (unpaired) electrons. The summed E-state index contributed by atoms with van der Waals surface area (Å²) in [5.41, 5.74) is 0. The molecule has 0 spiro atoms. The van der Waals surface area contributed by atoms with Gasteiger partial charge in [-0.3, -0.25) is 5.32 Å². The molecule has 1 saturated heterocycles. The molecule has 0 aromatic rings. The Kier molecular flexibility index (Phi) is 4.25. The number of hydrogen-bond donors (Lipinski definition) is 2. The highest BCUT2D eigenvalue weighted by Gasteiger charge is 2.43. The summed E-state index contributed by atoms with van der Waals surface area (Å²) in [6.45, 7) is 0.948. The van der Waals surface area contributed by atoms with Gasteiger partial charge in [0, 0.05) is 6.67 Å². The number of nitrogens with one attached hydrogen (secondary N) is 2. The van der Waals surface area contributed by atoms with Crippen LogP contribution in [-0.2, 0) is 14.3 Å². The van der Waals surface area contributed by atoms with Gasteiger partial charge in [-0.1, -0.05) is 0 Å². The number of alkyl halides is 3. The molecule has 1 fully saturated rings. The van der Waals surface area contributed by atoms with Gasteiger partial charge in [-0.25, -0.2) is 9.59 Å². The molecule has 1 heterocycles. The largest absolute Gasteiger partial charge is 0.491 e. The average Bonchev–Trinajstić information content (AvgIpc) is 2.43. The quantitative estimate of drug-likeness (QED) is 0.495. The lowest BCUT2D eigenvalue weighted by Gasteiger charge is -2.13. The van der Waals surface area contributed by atoms with E-state index < -0.39 is 24.2 Å². The Hall–Kier alpha value is -1.15. The molecule has 1 rings (SSSR count). The van der Waals surface area contributed by atoms with Crippen LogP contribution in [0.4, 0.5) is 13.2 Å². The van der Waals surface area contributed by atoms with E-state index in [0.717, 1.165) is 0 Å². The Morgan fingerprint density at radius 3 is 2.62 bits per heavy atom. The fourth-order valence-electron chi connectivity index (χ4n) is 1.24. The maximum atomic E-state index is 11.8. The standard InChI is InChI=1S/C8H11F3N2O3/c9-8(10,11)7(15)16-6(14)5-2-1-3-12-4-13-5/h5,12-13H,1-4H2. The van der Waals surface area contributed by atoms with Crippen LogP contribution in [0.3, 0.4) is 0 Å². The van der Waals surface area contributed by atoms with Crippen molar-refractivity contribution in [1.82, 2.24) is 10.6 Å². The van der Waals surface area contributed by atoms with E-state index in [9.17, 15) is 22.8 Å². The maximum absolute atomic E-state index is 11.8. The summed E-state index contributed by atoms with van der Waals surface area (Å²) in [6.07, 6.45) is -4.19. The number of carbonyl (C=O) groups is 2. The van der Waals surface area contributed by atoms with Gasteiger partial charge < -0.3 is 10.1 Å².